The highest BCUT2D eigenvalue weighted by molar-refractivity contribution is 5.86. The van der Waals surface area contributed by atoms with Crippen LogP contribution in [0.3, 0.4) is 0 Å². The van der Waals surface area contributed by atoms with E-state index in [9.17, 15) is 0 Å². The van der Waals surface area contributed by atoms with Gasteiger partial charge in [-0.25, -0.2) is 0 Å². The van der Waals surface area contributed by atoms with Crippen LogP contribution in [0.4, 0.5) is 11.4 Å². The van der Waals surface area contributed by atoms with Gasteiger partial charge in [-0.05, 0) is 70.1 Å². The number of nitrogens with one attached hydrogen (secondary N) is 1. The van der Waals surface area contributed by atoms with E-state index in [-0.39, 0.29) is 0 Å². The first-order valence-electron chi connectivity index (χ1n) is 13.7. The minimum absolute atomic E-state index is 0.293. The standard InChI is InChI=1S/C36H30N2O/c1-3-13-30-25(9-1)11-7-12-28(30)24-39-35-18-6-2-10-27(35)23-37-29-21-19-26(20-22-29)36-33-16-8-15-31(33)32-14-4-5-17-34(32)38-36/h1-15,17-23,31,33,36,38H,16,24H2/t31-,33-,36+/m1/s1. The molecule has 3 atom stereocenters. The van der Waals surface area contributed by atoms with Crippen LogP contribution in [-0.4, -0.2) is 6.21 Å². The van der Waals surface area contributed by atoms with Crippen LogP contribution in [0, 0.1) is 5.92 Å². The Morgan fingerprint density at radius 1 is 0.795 bits per heavy atom. The smallest absolute Gasteiger partial charge is 0.128 e. The first-order chi connectivity index (χ1) is 19.3. The SMILES string of the molecule is C1=C[C@@H]2c3ccccc3N[C@@H](c3ccc(N=Cc4ccccc4OCc4cccc5ccccc45)cc3)[C@@H]2C1. The van der Waals surface area contributed by atoms with E-state index in [2.05, 4.69) is 108 Å². The molecule has 0 amide bonds. The normalized spacial score (nSPS) is 19.5. The van der Waals surface area contributed by atoms with Crippen molar-refractivity contribution in [1.82, 2.24) is 0 Å². The monoisotopic (exact) mass is 506 g/mol. The fraction of sp³-hybridized carbons (Fsp3) is 0.139. The summed E-state index contributed by atoms with van der Waals surface area (Å²) in [7, 11) is 0. The molecule has 0 unspecified atom stereocenters. The zero-order chi connectivity index (χ0) is 26.0. The summed E-state index contributed by atoms with van der Waals surface area (Å²) >= 11 is 0. The van der Waals surface area contributed by atoms with Crippen LogP contribution in [0.2, 0.25) is 0 Å². The second kappa shape index (κ2) is 10.3. The summed E-state index contributed by atoms with van der Waals surface area (Å²) in [6, 6.07) is 40.5. The lowest BCUT2D eigenvalue weighted by molar-refractivity contribution is 0.307. The second-order valence-corrected chi connectivity index (χ2v) is 10.4. The molecule has 0 bridgehead atoms. The van der Waals surface area contributed by atoms with E-state index in [4.69, 9.17) is 9.73 Å². The number of fused-ring (bicyclic) bond motifs is 4. The maximum absolute atomic E-state index is 6.28. The molecule has 39 heavy (non-hydrogen) atoms. The van der Waals surface area contributed by atoms with Gasteiger partial charge >= 0.3 is 0 Å². The molecule has 5 aromatic rings. The molecule has 5 aromatic carbocycles. The highest BCUT2D eigenvalue weighted by Gasteiger charge is 2.37. The molecule has 1 aliphatic carbocycles. The molecule has 1 heterocycles. The molecular weight excluding hydrogens is 476 g/mol. The van der Waals surface area contributed by atoms with Crippen molar-refractivity contribution in [3.05, 3.63) is 150 Å². The molecule has 2 aliphatic rings. The van der Waals surface area contributed by atoms with E-state index >= 15 is 0 Å². The van der Waals surface area contributed by atoms with Crippen LogP contribution in [0.25, 0.3) is 10.8 Å². The Morgan fingerprint density at radius 2 is 1.59 bits per heavy atom. The van der Waals surface area contributed by atoms with E-state index < -0.39 is 0 Å². The molecular formula is C36H30N2O. The molecule has 0 radical (unpaired) electrons. The summed E-state index contributed by atoms with van der Waals surface area (Å²) < 4.78 is 6.28. The molecule has 0 aromatic heterocycles. The predicted molar refractivity (Wildman–Crippen MR) is 161 cm³/mol. The van der Waals surface area contributed by atoms with Gasteiger partial charge in [-0.3, -0.25) is 4.99 Å². The van der Waals surface area contributed by atoms with Crippen molar-refractivity contribution in [1.29, 1.82) is 0 Å². The molecule has 7 rings (SSSR count). The van der Waals surface area contributed by atoms with Crippen molar-refractivity contribution < 1.29 is 4.74 Å². The molecule has 190 valence electrons. The van der Waals surface area contributed by atoms with Crippen LogP contribution in [0.15, 0.2) is 132 Å². The van der Waals surface area contributed by atoms with Crippen LogP contribution < -0.4 is 10.1 Å². The Kier molecular flexibility index (Phi) is 6.18. The molecule has 0 saturated carbocycles. The van der Waals surface area contributed by atoms with Crippen molar-refractivity contribution >= 4 is 28.4 Å². The summed E-state index contributed by atoms with van der Waals surface area (Å²) in [5.41, 5.74) is 7.04. The van der Waals surface area contributed by atoms with Crippen molar-refractivity contribution in [3.8, 4) is 5.75 Å². The predicted octanol–water partition coefficient (Wildman–Crippen LogP) is 9.00. The number of nitrogens with zero attached hydrogens (tertiary/aromatic N) is 1. The van der Waals surface area contributed by atoms with Crippen LogP contribution in [0.5, 0.6) is 5.75 Å². The minimum atomic E-state index is 0.293. The van der Waals surface area contributed by atoms with Gasteiger partial charge in [-0.1, -0.05) is 97.1 Å². The maximum atomic E-state index is 6.28. The first kappa shape index (κ1) is 23.5. The lowest BCUT2D eigenvalue weighted by atomic mass is 9.77. The van der Waals surface area contributed by atoms with Crippen LogP contribution in [0.1, 0.15) is 40.6 Å². The fourth-order valence-corrected chi connectivity index (χ4v) is 6.08. The zero-order valence-electron chi connectivity index (χ0n) is 21.7. The third-order valence-corrected chi connectivity index (χ3v) is 8.06. The highest BCUT2D eigenvalue weighted by atomic mass is 16.5. The lowest BCUT2D eigenvalue weighted by Gasteiger charge is -2.37. The third kappa shape index (κ3) is 4.61. The number of aliphatic imine (C=N–C) groups is 1. The average molecular weight is 507 g/mol. The Bertz CT molecular complexity index is 1680. The first-order valence-corrected chi connectivity index (χ1v) is 13.7. The van der Waals surface area contributed by atoms with Crippen molar-refractivity contribution in [2.75, 3.05) is 5.32 Å². The summed E-state index contributed by atoms with van der Waals surface area (Å²) in [4.78, 5) is 4.79. The summed E-state index contributed by atoms with van der Waals surface area (Å²) in [5.74, 6) is 1.85. The molecule has 3 heteroatoms. The van der Waals surface area contributed by atoms with Gasteiger partial charge in [0.2, 0.25) is 0 Å². The maximum Gasteiger partial charge on any atom is 0.128 e. The van der Waals surface area contributed by atoms with Gasteiger partial charge in [-0.15, -0.1) is 0 Å². The Balaban J connectivity index is 1.08. The molecule has 3 nitrogen and oxygen atoms in total. The van der Waals surface area contributed by atoms with E-state index in [1.54, 1.807) is 0 Å². The van der Waals surface area contributed by atoms with Gasteiger partial charge < -0.3 is 10.1 Å². The highest BCUT2D eigenvalue weighted by Crippen LogP contribution is 2.49. The van der Waals surface area contributed by atoms with Gasteiger partial charge in [0.05, 0.1) is 11.7 Å². The third-order valence-electron chi connectivity index (χ3n) is 8.06. The zero-order valence-corrected chi connectivity index (χ0v) is 21.7. The Hall–Kier alpha value is -4.63. The topological polar surface area (TPSA) is 33.6 Å². The van der Waals surface area contributed by atoms with E-state index in [0.717, 1.165) is 23.4 Å². The van der Waals surface area contributed by atoms with Crippen LogP contribution >= 0.6 is 0 Å². The van der Waals surface area contributed by atoms with Crippen molar-refractivity contribution in [3.63, 3.8) is 0 Å². The van der Waals surface area contributed by atoms with E-state index in [0.29, 0.717) is 24.5 Å². The average Bonchev–Trinajstić information content (AvgIpc) is 3.50. The minimum Gasteiger partial charge on any atom is -0.488 e. The van der Waals surface area contributed by atoms with Crippen molar-refractivity contribution in [2.24, 2.45) is 10.9 Å². The number of allylic oxidation sites excluding steroid dienone is 2. The van der Waals surface area contributed by atoms with Gasteiger partial charge in [0.15, 0.2) is 0 Å². The number of para-hydroxylation sites is 2. The molecule has 1 N–H and O–H groups in total. The second-order valence-electron chi connectivity index (χ2n) is 10.4. The van der Waals surface area contributed by atoms with Gasteiger partial charge in [0.25, 0.3) is 0 Å². The Morgan fingerprint density at radius 3 is 2.54 bits per heavy atom. The number of ether oxygens (including phenoxy) is 1. The molecule has 1 aliphatic heterocycles. The number of rotatable bonds is 6. The molecule has 0 fully saturated rings. The van der Waals surface area contributed by atoms with Gasteiger partial charge in [0.1, 0.15) is 12.4 Å². The fourth-order valence-electron chi connectivity index (χ4n) is 6.08. The van der Waals surface area contributed by atoms with Gasteiger partial charge in [0, 0.05) is 23.4 Å². The lowest BCUT2D eigenvalue weighted by Crippen LogP contribution is -2.28. The van der Waals surface area contributed by atoms with E-state index in [1.807, 2.05) is 30.5 Å². The quantitative estimate of drug-likeness (QED) is 0.184. The Labute approximate surface area is 229 Å². The molecule has 0 saturated heterocycles. The van der Waals surface area contributed by atoms with Gasteiger partial charge in [-0.2, -0.15) is 0 Å². The largest absolute Gasteiger partial charge is 0.488 e. The van der Waals surface area contributed by atoms with Crippen molar-refractivity contribution in [2.45, 2.75) is 25.0 Å². The van der Waals surface area contributed by atoms with E-state index in [1.165, 1.54) is 33.2 Å². The molecule has 0 spiro atoms. The number of hydrogen-bond acceptors (Lipinski definition) is 3. The number of anilines is 1. The summed E-state index contributed by atoms with van der Waals surface area (Å²) in [6.45, 7) is 0.509. The van der Waals surface area contributed by atoms with Crippen LogP contribution in [-0.2, 0) is 6.61 Å². The summed E-state index contributed by atoms with van der Waals surface area (Å²) in [5, 5.41) is 6.26. The number of benzene rings is 5. The number of hydrogen-bond donors (Lipinski definition) is 1. The summed E-state index contributed by atoms with van der Waals surface area (Å²) in [6.07, 6.45) is 7.73.